The number of halogens is 3. The predicted octanol–water partition coefficient (Wildman–Crippen LogP) is 4.42. The highest BCUT2D eigenvalue weighted by atomic mass is 19.4. The van der Waals surface area contributed by atoms with Crippen LogP contribution < -0.4 is 10.5 Å². The van der Waals surface area contributed by atoms with E-state index >= 15 is 0 Å². The Morgan fingerprint density at radius 1 is 1.10 bits per heavy atom. The highest BCUT2D eigenvalue weighted by Gasteiger charge is 2.46. The number of allylic oxidation sites excluding steroid dienone is 1. The maximum Gasteiger partial charge on any atom is 0.435 e. The van der Waals surface area contributed by atoms with Gasteiger partial charge in [0.2, 0.25) is 11.8 Å². The van der Waals surface area contributed by atoms with Gasteiger partial charge in [0.1, 0.15) is 11.6 Å². The van der Waals surface area contributed by atoms with E-state index in [0.29, 0.717) is 11.3 Å². The molecule has 3 aromatic rings. The number of fused-ring (bicyclic) bond motifs is 1. The summed E-state index contributed by atoms with van der Waals surface area (Å²) in [5.74, 6) is -1.43. The monoisotopic (exact) mass is 396 g/mol. The minimum Gasteiger partial charge on any atom is -0.422 e. The number of rotatable bonds is 2. The number of ether oxygens (including phenoxy) is 1. The number of alkyl halides is 3. The van der Waals surface area contributed by atoms with Gasteiger partial charge in [0.05, 0.1) is 17.2 Å². The van der Waals surface area contributed by atoms with Crippen LogP contribution in [0.15, 0.2) is 66.1 Å². The molecule has 2 N–H and O–H groups in total. The molecule has 0 amide bonds. The summed E-state index contributed by atoms with van der Waals surface area (Å²) in [4.78, 5) is 0. The van der Waals surface area contributed by atoms with Gasteiger partial charge >= 0.3 is 6.18 Å². The zero-order valence-electron chi connectivity index (χ0n) is 15.2. The SMILES string of the molecule is Cc1ccc([C@H]2C(C#N)=C(N)Oc3c2c(C(F)(F)F)nn3-c2ccccc2)cc1. The molecular formula is C21H15F3N4O. The van der Waals surface area contributed by atoms with Crippen LogP contribution in [0.1, 0.15) is 28.3 Å². The summed E-state index contributed by atoms with van der Waals surface area (Å²) in [6, 6.07) is 17.1. The molecule has 0 aliphatic carbocycles. The maximum atomic E-state index is 13.9. The molecule has 0 saturated heterocycles. The second-order valence-electron chi connectivity index (χ2n) is 6.65. The minimum atomic E-state index is -4.75. The molecular weight excluding hydrogens is 381 g/mol. The molecule has 8 heteroatoms. The Labute approximate surface area is 164 Å². The van der Waals surface area contributed by atoms with Crippen LogP contribution in [0.3, 0.4) is 0 Å². The van der Waals surface area contributed by atoms with E-state index in [0.717, 1.165) is 10.2 Å². The van der Waals surface area contributed by atoms with Crippen molar-refractivity contribution in [2.45, 2.75) is 19.0 Å². The van der Waals surface area contributed by atoms with Gasteiger partial charge in [-0.1, -0.05) is 48.0 Å². The number of nitriles is 1. The molecule has 0 saturated carbocycles. The van der Waals surface area contributed by atoms with E-state index in [1.54, 1.807) is 54.6 Å². The van der Waals surface area contributed by atoms with Crippen LogP contribution in [-0.2, 0) is 6.18 Å². The molecule has 29 heavy (non-hydrogen) atoms. The van der Waals surface area contributed by atoms with E-state index in [1.165, 1.54) is 0 Å². The van der Waals surface area contributed by atoms with Gasteiger partial charge in [-0.05, 0) is 24.6 Å². The molecule has 4 rings (SSSR count). The number of nitrogens with zero attached hydrogens (tertiary/aromatic N) is 3. The predicted molar refractivity (Wildman–Crippen MR) is 99.0 cm³/mol. The number of benzene rings is 2. The normalized spacial score (nSPS) is 16.2. The van der Waals surface area contributed by atoms with Gasteiger partial charge in [0.25, 0.3) is 0 Å². The zero-order valence-corrected chi connectivity index (χ0v) is 15.2. The van der Waals surface area contributed by atoms with Gasteiger partial charge in [0, 0.05) is 0 Å². The van der Waals surface area contributed by atoms with Crippen molar-refractivity contribution >= 4 is 0 Å². The molecule has 0 spiro atoms. The third-order valence-corrected chi connectivity index (χ3v) is 4.73. The molecule has 1 aliphatic rings. The van der Waals surface area contributed by atoms with E-state index < -0.39 is 17.8 Å². The topological polar surface area (TPSA) is 76.9 Å². The van der Waals surface area contributed by atoms with Gasteiger partial charge in [-0.15, -0.1) is 0 Å². The van der Waals surface area contributed by atoms with E-state index in [4.69, 9.17) is 10.5 Å². The van der Waals surface area contributed by atoms with Gasteiger partial charge in [-0.25, -0.2) is 0 Å². The molecule has 2 heterocycles. The van der Waals surface area contributed by atoms with Crippen molar-refractivity contribution in [1.29, 1.82) is 5.26 Å². The van der Waals surface area contributed by atoms with Crippen molar-refractivity contribution in [3.63, 3.8) is 0 Å². The number of para-hydroxylation sites is 1. The summed E-state index contributed by atoms with van der Waals surface area (Å²) < 4.78 is 48.4. The molecule has 0 radical (unpaired) electrons. The Balaban J connectivity index is 2.04. The fourth-order valence-electron chi connectivity index (χ4n) is 3.38. The molecule has 146 valence electrons. The van der Waals surface area contributed by atoms with Gasteiger partial charge < -0.3 is 10.5 Å². The molecule has 0 fully saturated rings. The summed E-state index contributed by atoms with van der Waals surface area (Å²) in [5, 5.41) is 13.4. The zero-order chi connectivity index (χ0) is 20.8. The third kappa shape index (κ3) is 3.10. The smallest absolute Gasteiger partial charge is 0.422 e. The first kappa shape index (κ1) is 18.6. The minimum absolute atomic E-state index is 0.0838. The van der Waals surface area contributed by atoms with E-state index in [1.807, 2.05) is 13.0 Å². The summed E-state index contributed by atoms with van der Waals surface area (Å²) in [6.07, 6.45) is -4.75. The molecule has 1 aromatic heterocycles. The Kier molecular flexibility index (Phi) is 4.31. The average molecular weight is 396 g/mol. The van der Waals surface area contributed by atoms with Crippen LogP contribution in [0.4, 0.5) is 13.2 Å². The van der Waals surface area contributed by atoms with Crippen LogP contribution in [-0.4, -0.2) is 9.78 Å². The van der Waals surface area contributed by atoms with Crippen molar-refractivity contribution in [2.75, 3.05) is 0 Å². The quantitative estimate of drug-likeness (QED) is 0.696. The summed E-state index contributed by atoms with van der Waals surface area (Å²) >= 11 is 0. The van der Waals surface area contributed by atoms with E-state index in [-0.39, 0.29) is 22.9 Å². The van der Waals surface area contributed by atoms with Crippen LogP contribution >= 0.6 is 0 Å². The highest BCUT2D eigenvalue weighted by molar-refractivity contribution is 5.58. The standard InChI is InChI=1S/C21H15F3N4O/c1-12-7-9-13(10-8-12)16-15(11-25)19(26)29-20-17(16)18(21(22,23)24)27-28(20)14-5-3-2-4-6-14/h2-10,16H,26H2,1H3/t16-/m0/s1. The largest absolute Gasteiger partial charge is 0.435 e. The molecule has 0 unspecified atom stereocenters. The second-order valence-corrected chi connectivity index (χ2v) is 6.65. The molecule has 0 bridgehead atoms. The van der Waals surface area contributed by atoms with Crippen molar-refractivity contribution < 1.29 is 17.9 Å². The molecule has 2 aromatic carbocycles. The van der Waals surface area contributed by atoms with Gasteiger partial charge in [-0.3, -0.25) is 0 Å². The first-order valence-corrected chi connectivity index (χ1v) is 8.71. The Bertz CT molecular complexity index is 1140. The highest BCUT2D eigenvalue weighted by Crippen LogP contribution is 2.48. The Morgan fingerprint density at radius 3 is 2.34 bits per heavy atom. The molecule has 1 aliphatic heterocycles. The average Bonchev–Trinajstić information content (AvgIpc) is 3.08. The van der Waals surface area contributed by atoms with E-state index in [2.05, 4.69) is 5.10 Å². The fourth-order valence-corrected chi connectivity index (χ4v) is 3.38. The van der Waals surface area contributed by atoms with Crippen molar-refractivity contribution in [3.05, 3.63) is 88.4 Å². The first-order valence-electron chi connectivity index (χ1n) is 8.71. The fraction of sp³-hybridized carbons (Fsp3) is 0.143. The van der Waals surface area contributed by atoms with Crippen LogP contribution in [0.25, 0.3) is 5.69 Å². The van der Waals surface area contributed by atoms with Crippen LogP contribution in [0, 0.1) is 18.3 Å². The lowest BCUT2D eigenvalue weighted by Gasteiger charge is -2.25. The lowest BCUT2D eigenvalue weighted by atomic mass is 9.83. The van der Waals surface area contributed by atoms with Gasteiger partial charge in [-0.2, -0.15) is 28.2 Å². The number of hydrogen-bond acceptors (Lipinski definition) is 4. The Morgan fingerprint density at radius 2 is 1.76 bits per heavy atom. The molecule has 5 nitrogen and oxygen atoms in total. The summed E-state index contributed by atoms with van der Waals surface area (Å²) in [5.41, 5.74) is 6.34. The number of aromatic nitrogens is 2. The maximum absolute atomic E-state index is 13.9. The van der Waals surface area contributed by atoms with Crippen LogP contribution in [0.2, 0.25) is 0 Å². The molecule has 1 atom stereocenters. The third-order valence-electron chi connectivity index (χ3n) is 4.73. The van der Waals surface area contributed by atoms with Crippen molar-refractivity contribution in [3.8, 4) is 17.6 Å². The summed E-state index contributed by atoms with van der Waals surface area (Å²) in [6.45, 7) is 1.86. The first-order chi connectivity index (χ1) is 13.8. The summed E-state index contributed by atoms with van der Waals surface area (Å²) in [7, 11) is 0. The lowest BCUT2D eigenvalue weighted by molar-refractivity contribution is -0.142. The van der Waals surface area contributed by atoms with Gasteiger partial charge in [0.15, 0.2) is 5.69 Å². The lowest BCUT2D eigenvalue weighted by Crippen LogP contribution is -2.23. The van der Waals surface area contributed by atoms with Crippen LogP contribution in [0.5, 0.6) is 5.88 Å². The van der Waals surface area contributed by atoms with E-state index in [9.17, 15) is 18.4 Å². The van der Waals surface area contributed by atoms with Crippen molar-refractivity contribution in [2.24, 2.45) is 5.73 Å². The number of nitrogens with two attached hydrogens (primary N) is 1. The number of aryl methyl sites for hydroxylation is 1. The number of hydrogen-bond donors (Lipinski definition) is 1. The second kappa shape index (κ2) is 6.71. The van der Waals surface area contributed by atoms with Crippen molar-refractivity contribution in [1.82, 2.24) is 9.78 Å². The Hall–Kier alpha value is -3.73.